The van der Waals surface area contributed by atoms with Crippen molar-refractivity contribution in [1.29, 1.82) is 0 Å². The quantitative estimate of drug-likeness (QED) is 0.900. The Kier molecular flexibility index (Phi) is 3.61. The highest BCUT2D eigenvalue weighted by Gasteiger charge is 2.47. The van der Waals surface area contributed by atoms with Gasteiger partial charge in [-0.2, -0.15) is 0 Å². The minimum absolute atomic E-state index is 0.176. The second-order valence-electron chi connectivity index (χ2n) is 5.84. The summed E-state index contributed by atoms with van der Waals surface area (Å²) in [5.74, 6) is 0.169. The van der Waals surface area contributed by atoms with Crippen LogP contribution in [0.25, 0.3) is 0 Å². The molecule has 0 amide bonds. The van der Waals surface area contributed by atoms with E-state index in [0.717, 1.165) is 25.8 Å². The normalized spacial score (nSPS) is 29.6. The summed E-state index contributed by atoms with van der Waals surface area (Å²) in [6, 6.07) is 4.48. The van der Waals surface area contributed by atoms with Crippen molar-refractivity contribution in [2.45, 2.75) is 31.8 Å². The lowest BCUT2D eigenvalue weighted by Gasteiger charge is -2.24. The summed E-state index contributed by atoms with van der Waals surface area (Å²) >= 11 is 5.95. The van der Waals surface area contributed by atoms with Gasteiger partial charge in [0.25, 0.3) is 0 Å². The third-order valence-electron chi connectivity index (χ3n) is 4.65. The van der Waals surface area contributed by atoms with Crippen LogP contribution in [0.1, 0.15) is 24.8 Å². The molecule has 1 aromatic carbocycles. The molecule has 0 spiro atoms. The highest BCUT2D eigenvalue weighted by molar-refractivity contribution is 6.30. The van der Waals surface area contributed by atoms with Crippen molar-refractivity contribution in [1.82, 2.24) is 4.90 Å². The van der Waals surface area contributed by atoms with Crippen molar-refractivity contribution < 1.29 is 15.0 Å². The number of nitrogens with zero attached hydrogens (tertiary/aromatic N) is 1. The van der Waals surface area contributed by atoms with E-state index in [9.17, 15) is 15.0 Å². The largest absolute Gasteiger partial charge is 0.508 e. The number of fused-ring (bicyclic) bond motifs is 1. The number of aliphatic carboxylic acids is 1. The van der Waals surface area contributed by atoms with Gasteiger partial charge in [0, 0.05) is 23.7 Å². The Hall–Kier alpha value is -1.26. The summed E-state index contributed by atoms with van der Waals surface area (Å²) in [4.78, 5) is 13.5. The molecule has 2 N–H and O–H groups in total. The first kappa shape index (κ1) is 13.7. The van der Waals surface area contributed by atoms with Crippen LogP contribution >= 0.6 is 11.6 Å². The Labute approximate surface area is 123 Å². The highest BCUT2D eigenvalue weighted by Crippen LogP contribution is 2.43. The van der Waals surface area contributed by atoms with Crippen LogP contribution in [-0.4, -0.2) is 33.7 Å². The maximum Gasteiger partial charge on any atom is 0.321 e. The van der Waals surface area contributed by atoms with Crippen LogP contribution in [-0.2, 0) is 11.3 Å². The minimum Gasteiger partial charge on any atom is -0.508 e. The van der Waals surface area contributed by atoms with Gasteiger partial charge in [-0.3, -0.25) is 9.69 Å². The molecule has 3 unspecified atom stereocenters. The number of hydrogen-bond donors (Lipinski definition) is 2. The van der Waals surface area contributed by atoms with Crippen LogP contribution in [0.2, 0.25) is 5.02 Å². The fourth-order valence-corrected chi connectivity index (χ4v) is 3.99. The molecule has 1 saturated carbocycles. The van der Waals surface area contributed by atoms with E-state index in [1.54, 1.807) is 18.2 Å². The van der Waals surface area contributed by atoms with Crippen LogP contribution in [0.4, 0.5) is 0 Å². The van der Waals surface area contributed by atoms with E-state index >= 15 is 0 Å². The number of halogens is 1. The second-order valence-corrected chi connectivity index (χ2v) is 6.28. The molecule has 0 bridgehead atoms. The number of rotatable bonds is 3. The van der Waals surface area contributed by atoms with E-state index in [1.807, 2.05) is 4.90 Å². The Morgan fingerprint density at radius 3 is 2.95 bits per heavy atom. The Balaban J connectivity index is 1.82. The lowest BCUT2D eigenvalue weighted by molar-refractivity contribution is -0.143. The van der Waals surface area contributed by atoms with Crippen molar-refractivity contribution in [3.63, 3.8) is 0 Å². The van der Waals surface area contributed by atoms with Crippen molar-refractivity contribution in [3.05, 3.63) is 28.8 Å². The molecule has 2 aliphatic rings. The molecular formula is C15H18ClNO3. The molecule has 0 aromatic heterocycles. The molecule has 0 radical (unpaired) electrons. The van der Waals surface area contributed by atoms with Gasteiger partial charge >= 0.3 is 5.97 Å². The molecule has 1 aliphatic heterocycles. The van der Waals surface area contributed by atoms with E-state index in [0.29, 0.717) is 23.0 Å². The van der Waals surface area contributed by atoms with Gasteiger partial charge in [0.2, 0.25) is 0 Å². The molecule has 108 valence electrons. The van der Waals surface area contributed by atoms with Crippen molar-refractivity contribution in [2.24, 2.45) is 11.8 Å². The lowest BCUT2D eigenvalue weighted by atomic mass is 9.94. The zero-order chi connectivity index (χ0) is 14.3. The molecule has 1 aliphatic carbocycles. The number of carbonyl (C=O) groups is 1. The SMILES string of the molecule is O=C(O)C1C2CCCC2CN1Cc1cc(Cl)ccc1O. The predicted octanol–water partition coefficient (Wildman–Crippen LogP) is 2.73. The number of carboxylic acid groups (broad SMARTS) is 1. The third-order valence-corrected chi connectivity index (χ3v) is 4.89. The summed E-state index contributed by atoms with van der Waals surface area (Å²) < 4.78 is 0. The first-order valence-corrected chi connectivity index (χ1v) is 7.38. The zero-order valence-electron chi connectivity index (χ0n) is 11.1. The maximum atomic E-state index is 11.6. The number of aromatic hydroxyl groups is 1. The minimum atomic E-state index is -0.749. The van der Waals surface area contributed by atoms with Crippen LogP contribution in [0.3, 0.4) is 0 Å². The first-order chi connectivity index (χ1) is 9.56. The summed E-state index contributed by atoms with van der Waals surface area (Å²) in [5, 5.41) is 20.0. The van der Waals surface area contributed by atoms with Crippen LogP contribution < -0.4 is 0 Å². The second kappa shape index (κ2) is 5.26. The van der Waals surface area contributed by atoms with Crippen molar-refractivity contribution in [3.8, 4) is 5.75 Å². The summed E-state index contributed by atoms with van der Waals surface area (Å²) in [6.07, 6.45) is 3.25. The van der Waals surface area contributed by atoms with Crippen LogP contribution in [0, 0.1) is 11.8 Å². The van der Waals surface area contributed by atoms with E-state index < -0.39 is 12.0 Å². The van der Waals surface area contributed by atoms with Gasteiger partial charge in [-0.25, -0.2) is 0 Å². The van der Waals surface area contributed by atoms with Gasteiger partial charge in [0.05, 0.1) is 0 Å². The molecule has 3 rings (SSSR count). The molecular weight excluding hydrogens is 278 g/mol. The van der Waals surface area contributed by atoms with Gasteiger partial charge in [-0.05, 0) is 42.9 Å². The van der Waals surface area contributed by atoms with Crippen LogP contribution in [0.5, 0.6) is 5.75 Å². The fraction of sp³-hybridized carbons (Fsp3) is 0.533. The third kappa shape index (κ3) is 2.38. The lowest BCUT2D eigenvalue weighted by Crippen LogP contribution is -2.39. The molecule has 1 aromatic rings. The predicted molar refractivity (Wildman–Crippen MR) is 75.8 cm³/mol. The monoisotopic (exact) mass is 295 g/mol. The summed E-state index contributed by atoms with van der Waals surface area (Å²) in [6.45, 7) is 1.24. The average molecular weight is 296 g/mol. The summed E-state index contributed by atoms with van der Waals surface area (Å²) in [5.41, 5.74) is 0.698. The number of carboxylic acids is 1. The van der Waals surface area contributed by atoms with Gasteiger partial charge < -0.3 is 10.2 Å². The highest BCUT2D eigenvalue weighted by atomic mass is 35.5. The van der Waals surface area contributed by atoms with Gasteiger partial charge in [-0.1, -0.05) is 18.0 Å². The number of phenols is 1. The standard InChI is InChI=1S/C15H18ClNO3/c16-11-4-5-13(18)10(6-11)8-17-7-9-2-1-3-12(9)14(17)15(19)20/h4-6,9,12,14,18H,1-3,7-8H2,(H,19,20). The van der Waals surface area contributed by atoms with Crippen molar-refractivity contribution >= 4 is 17.6 Å². The molecule has 5 heteroatoms. The Morgan fingerprint density at radius 1 is 1.40 bits per heavy atom. The van der Waals surface area contributed by atoms with Gasteiger partial charge in [0.1, 0.15) is 11.8 Å². The smallest absolute Gasteiger partial charge is 0.321 e. The van der Waals surface area contributed by atoms with Crippen molar-refractivity contribution in [2.75, 3.05) is 6.54 Å². The number of benzene rings is 1. The molecule has 3 atom stereocenters. The zero-order valence-corrected chi connectivity index (χ0v) is 11.9. The average Bonchev–Trinajstić information content (AvgIpc) is 2.93. The Morgan fingerprint density at radius 2 is 2.20 bits per heavy atom. The number of phenolic OH excluding ortho intramolecular Hbond substituents is 1. The maximum absolute atomic E-state index is 11.6. The van der Waals surface area contributed by atoms with Gasteiger partial charge in [-0.15, -0.1) is 0 Å². The fourth-order valence-electron chi connectivity index (χ4n) is 3.80. The van der Waals surface area contributed by atoms with E-state index in [4.69, 9.17) is 11.6 Å². The Bertz CT molecular complexity index is 534. The first-order valence-electron chi connectivity index (χ1n) is 7.00. The molecule has 1 heterocycles. The molecule has 4 nitrogen and oxygen atoms in total. The van der Waals surface area contributed by atoms with E-state index in [-0.39, 0.29) is 11.7 Å². The molecule has 1 saturated heterocycles. The van der Waals surface area contributed by atoms with Gasteiger partial charge in [0.15, 0.2) is 0 Å². The van der Waals surface area contributed by atoms with E-state index in [2.05, 4.69) is 0 Å². The number of hydrogen-bond acceptors (Lipinski definition) is 3. The molecule has 20 heavy (non-hydrogen) atoms. The topological polar surface area (TPSA) is 60.8 Å². The molecule has 2 fully saturated rings. The summed E-state index contributed by atoms with van der Waals surface area (Å²) in [7, 11) is 0. The van der Waals surface area contributed by atoms with E-state index in [1.165, 1.54) is 0 Å². The number of likely N-dealkylation sites (tertiary alicyclic amines) is 1. The van der Waals surface area contributed by atoms with Crippen LogP contribution in [0.15, 0.2) is 18.2 Å².